The summed E-state index contributed by atoms with van der Waals surface area (Å²) in [7, 11) is 0. The molecule has 0 amide bonds. The summed E-state index contributed by atoms with van der Waals surface area (Å²) in [5, 5.41) is 17.8. The highest BCUT2D eigenvalue weighted by Crippen LogP contribution is 2.06. The lowest BCUT2D eigenvalue weighted by Gasteiger charge is -2.05. The van der Waals surface area contributed by atoms with Crippen LogP contribution in [0.15, 0.2) is 18.3 Å². The Balaban J connectivity index is 2.53. The van der Waals surface area contributed by atoms with Crippen molar-refractivity contribution in [2.75, 3.05) is 5.88 Å². The number of aliphatic hydroxyl groups is 1. The van der Waals surface area contributed by atoms with Crippen LogP contribution in [0.25, 0.3) is 0 Å². The number of alkyl halides is 1. The van der Waals surface area contributed by atoms with Crippen molar-refractivity contribution in [2.24, 2.45) is 0 Å². The highest BCUT2D eigenvalue weighted by Gasteiger charge is 2.05. The van der Waals surface area contributed by atoms with E-state index < -0.39 is 12.1 Å². The monoisotopic (exact) mass is 229 g/mol. The van der Waals surface area contributed by atoms with Crippen LogP contribution in [0.1, 0.15) is 22.5 Å². The van der Waals surface area contributed by atoms with Gasteiger partial charge in [-0.15, -0.1) is 11.6 Å². The van der Waals surface area contributed by atoms with E-state index >= 15 is 0 Å². The van der Waals surface area contributed by atoms with Gasteiger partial charge in [-0.1, -0.05) is 6.07 Å². The molecule has 0 bridgehead atoms. The lowest BCUT2D eigenvalue weighted by molar-refractivity contribution is 0.0690. The molecule has 0 spiro atoms. The first-order valence-electron chi connectivity index (χ1n) is 4.55. The van der Waals surface area contributed by atoms with Gasteiger partial charge in [-0.05, 0) is 24.5 Å². The molecule has 1 unspecified atom stereocenters. The number of aryl methyl sites for hydroxylation is 1. The average Bonchev–Trinajstić information content (AvgIpc) is 2.26. The summed E-state index contributed by atoms with van der Waals surface area (Å²) in [5.74, 6) is -0.831. The Morgan fingerprint density at radius 1 is 1.53 bits per heavy atom. The predicted molar refractivity (Wildman–Crippen MR) is 56.2 cm³/mol. The van der Waals surface area contributed by atoms with E-state index in [-0.39, 0.29) is 11.6 Å². The highest BCUT2D eigenvalue weighted by molar-refractivity contribution is 6.18. The van der Waals surface area contributed by atoms with Gasteiger partial charge < -0.3 is 10.2 Å². The van der Waals surface area contributed by atoms with E-state index in [1.165, 1.54) is 12.3 Å². The zero-order chi connectivity index (χ0) is 11.3. The molecule has 0 aliphatic rings. The fraction of sp³-hybridized carbons (Fsp3) is 0.400. The smallest absolute Gasteiger partial charge is 0.354 e. The van der Waals surface area contributed by atoms with Crippen molar-refractivity contribution in [2.45, 2.75) is 18.9 Å². The summed E-state index contributed by atoms with van der Waals surface area (Å²) in [6.45, 7) is 0. The first kappa shape index (κ1) is 11.9. The maximum absolute atomic E-state index is 10.5. The molecule has 0 aromatic carbocycles. The second-order valence-electron chi connectivity index (χ2n) is 3.20. The Morgan fingerprint density at radius 3 is 2.73 bits per heavy atom. The Kier molecular flexibility index (Phi) is 4.52. The minimum atomic E-state index is -1.04. The number of carboxylic acids is 1. The molecule has 1 aromatic heterocycles. The predicted octanol–water partition coefficient (Wildman–Crippen LogP) is 1.31. The molecule has 1 heterocycles. The molecule has 2 N–H and O–H groups in total. The number of nitrogens with zero attached hydrogens (tertiary/aromatic N) is 1. The second-order valence-corrected chi connectivity index (χ2v) is 3.51. The van der Waals surface area contributed by atoms with Crippen molar-refractivity contribution in [3.63, 3.8) is 0 Å². The van der Waals surface area contributed by atoms with E-state index in [0.29, 0.717) is 12.8 Å². The number of halogens is 1. The first-order valence-corrected chi connectivity index (χ1v) is 5.09. The summed E-state index contributed by atoms with van der Waals surface area (Å²) < 4.78 is 0. The van der Waals surface area contributed by atoms with Gasteiger partial charge in [0.25, 0.3) is 0 Å². The quantitative estimate of drug-likeness (QED) is 0.747. The van der Waals surface area contributed by atoms with Crippen LogP contribution in [-0.4, -0.2) is 33.2 Å². The van der Waals surface area contributed by atoms with E-state index in [0.717, 1.165) is 5.56 Å². The fourth-order valence-corrected chi connectivity index (χ4v) is 1.26. The SMILES string of the molecule is O=C(O)c1ccc(CCC(O)CCl)cn1. The van der Waals surface area contributed by atoms with E-state index in [2.05, 4.69) is 4.98 Å². The van der Waals surface area contributed by atoms with Crippen LogP contribution in [0.4, 0.5) is 0 Å². The van der Waals surface area contributed by atoms with Crippen molar-refractivity contribution >= 4 is 17.6 Å². The molecule has 0 saturated carbocycles. The van der Waals surface area contributed by atoms with Crippen LogP contribution >= 0.6 is 11.6 Å². The zero-order valence-electron chi connectivity index (χ0n) is 8.06. The van der Waals surface area contributed by atoms with Crippen molar-refractivity contribution in [3.8, 4) is 0 Å². The molecule has 0 aliphatic carbocycles. The number of hydrogen-bond acceptors (Lipinski definition) is 3. The minimum absolute atomic E-state index is 0.0247. The van der Waals surface area contributed by atoms with E-state index in [1.54, 1.807) is 6.07 Å². The average molecular weight is 230 g/mol. The van der Waals surface area contributed by atoms with E-state index in [1.807, 2.05) is 0 Å². The molecular formula is C10H12ClNO3. The summed E-state index contributed by atoms with van der Waals surface area (Å²) in [6, 6.07) is 3.14. The van der Waals surface area contributed by atoms with Gasteiger partial charge in [0.15, 0.2) is 0 Å². The van der Waals surface area contributed by atoms with Gasteiger partial charge in [-0.2, -0.15) is 0 Å². The molecular weight excluding hydrogens is 218 g/mol. The largest absolute Gasteiger partial charge is 0.477 e. The van der Waals surface area contributed by atoms with E-state index in [9.17, 15) is 9.90 Å². The summed E-state index contributed by atoms with van der Waals surface area (Å²) >= 11 is 5.44. The van der Waals surface area contributed by atoms with Crippen LogP contribution < -0.4 is 0 Å². The van der Waals surface area contributed by atoms with Gasteiger partial charge in [0.05, 0.1) is 6.10 Å². The highest BCUT2D eigenvalue weighted by atomic mass is 35.5. The normalized spacial score (nSPS) is 12.4. The molecule has 1 atom stereocenters. The number of carbonyl (C=O) groups is 1. The lowest BCUT2D eigenvalue weighted by atomic mass is 10.1. The van der Waals surface area contributed by atoms with Gasteiger partial charge in [-0.3, -0.25) is 0 Å². The fourth-order valence-electron chi connectivity index (χ4n) is 1.11. The molecule has 0 fully saturated rings. The van der Waals surface area contributed by atoms with Crippen LogP contribution in [0.5, 0.6) is 0 Å². The molecule has 1 aromatic rings. The summed E-state index contributed by atoms with van der Waals surface area (Å²) in [6.07, 6.45) is 2.17. The minimum Gasteiger partial charge on any atom is -0.477 e. The van der Waals surface area contributed by atoms with Gasteiger partial charge in [-0.25, -0.2) is 9.78 Å². The van der Waals surface area contributed by atoms with Crippen molar-refractivity contribution < 1.29 is 15.0 Å². The number of aromatic nitrogens is 1. The van der Waals surface area contributed by atoms with Gasteiger partial charge in [0.1, 0.15) is 5.69 Å². The lowest BCUT2D eigenvalue weighted by Crippen LogP contribution is -2.09. The zero-order valence-corrected chi connectivity index (χ0v) is 8.81. The van der Waals surface area contributed by atoms with Gasteiger partial charge in [0.2, 0.25) is 0 Å². The molecule has 5 heteroatoms. The van der Waals surface area contributed by atoms with Crippen LogP contribution in [-0.2, 0) is 6.42 Å². The third kappa shape index (κ3) is 3.85. The first-order chi connectivity index (χ1) is 7.13. The molecule has 15 heavy (non-hydrogen) atoms. The number of carboxylic acid groups (broad SMARTS) is 1. The van der Waals surface area contributed by atoms with Crippen molar-refractivity contribution in [1.29, 1.82) is 0 Å². The van der Waals surface area contributed by atoms with Gasteiger partial charge >= 0.3 is 5.97 Å². The third-order valence-electron chi connectivity index (χ3n) is 1.99. The number of rotatable bonds is 5. The summed E-state index contributed by atoms with van der Waals surface area (Å²) in [5.41, 5.74) is 0.917. The van der Waals surface area contributed by atoms with Gasteiger partial charge in [0, 0.05) is 12.1 Å². The number of hydrogen-bond donors (Lipinski definition) is 2. The van der Waals surface area contributed by atoms with Crippen LogP contribution in [0.2, 0.25) is 0 Å². The standard InChI is InChI=1S/C10H12ClNO3/c11-5-8(13)3-1-7-2-4-9(10(14)15)12-6-7/h2,4,6,8,13H,1,3,5H2,(H,14,15). The Bertz CT molecular complexity index is 326. The Labute approximate surface area is 92.5 Å². The topological polar surface area (TPSA) is 70.4 Å². The molecule has 82 valence electrons. The van der Waals surface area contributed by atoms with Crippen LogP contribution in [0.3, 0.4) is 0 Å². The Hall–Kier alpha value is -1.13. The van der Waals surface area contributed by atoms with Crippen molar-refractivity contribution in [3.05, 3.63) is 29.6 Å². The summed E-state index contributed by atoms with van der Waals surface area (Å²) in [4.78, 5) is 14.3. The van der Waals surface area contributed by atoms with Crippen molar-refractivity contribution in [1.82, 2.24) is 4.98 Å². The molecule has 0 saturated heterocycles. The van der Waals surface area contributed by atoms with E-state index in [4.69, 9.17) is 16.7 Å². The Morgan fingerprint density at radius 2 is 2.27 bits per heavy atom. The number of pyridine rings is 1. The second kappa shape index (κ2) is 5.68. The van der Waals surface area contributed by atoms with Crippen LogP contribution in [0, 0.1) is 0 Å². The molecule has 1 rings (SSSR count). The maximum Gasteiger partial charge on any atom is 0.354 e. The number of aliphatic hydroxyl groups excluding tert-OH is 1. The molecule has 0 radical (unpaired) electrons. The number of aromatic carboxylic acids is 1. The maximum atomic E-state index is 10.5. The molecule has 4 nitrogen and oxygen atoms in total. The third-order valence-corrected chi connectivity index (χ3v) is 2.34. The molecule has 0 aliphatic heterocycles.